The smallest absolute Gasteiger partial charge is 0.462 e. The molecule has 0 radical (unpaired) electrons. The Balaban J connectivity index is 5.44. The number of allylic oxidation sites excluding steroid dienone is 21. The van der Waals surface area contributed by atoms with Crippen LogP contribution in [0.3, 0.4) is 0 Å². The van der Waals surface area contributed by atoms with Crippen LogP contribution in [-0.2, 0) is 65.4 Å². The van der Waals surface area contributed by atoms with Gasteiger partial charge in [0.25, 0.3) is 0 Å². The summed E-state index contributed by atoms with van der Waals surface area (Å²) in [5, 5.41) is 10.6. The first kappa shape index (κ1) is 91.2. The van der Waals surface area contributed by atoms with Crippen LogP contribution in [0.2, 0.25) is 0 Å². The molecule has 0 heterocycles. The van der Waals surface area contributed by atoms with Gasteiger partial charge in [-0.15, -0.1) is 0 Å². The minimum atomic E-state index is -5.00. The molecule has 548 valence electrons. The van der Waals surface area contributed by atoms with E-state index in [-0.39, 0.29) is 25.7 Å². The maximum absolute atomic E-state index is 13.0. The number of ether oxygens (including phenoxy) is 4. The first-order valence-electron chi connectivity index (χ1n) is 36.4. The molecular formula is C77H128O17P2. The van der Waals surface area contributed by atoms with Crippen molar-refractivity contribution in [3.8, 4) is 0 Å². The summed E-state index contributed by atoms with van der Waals surface area (Å²) in [7, 11) is -9.99. The predicted molar refractivity (Wildman–Crippen MR) is 390 cm³/mol. The van der Waals surface area contributed by atoms with Crippen molar-refractivity contribution in [1.82, 2.24) is 0 Å². The molecule has 5 atom stereocenters. The van der Waals surface area contributed by atoms with Crippen LogP contribution in [0.4, 0.5) is 0 Å². The van der Waals surface area contributed by atoms with Gasteiger partial charge in [-0.1, -0.05) is 245 Å². The fraction of sp³-hybridized carbons (Fsp3) is 0.662. The first-order valence-corrected chi connectivity index (χ1v) is 39.4. The molecule has 0 aromatic rings. The molecule has 17 nitrogen and oxygen atoms in total. The number of unbranched alkanes of at least 4 members (excludes halogenated alkanes) is 20. The molecule has 0 fully saturated rings. The lowest BCUT2D eigenvalue weighted by Crippen LogP contribution is -2.30. The molecule has 0 rings (SSSR count). The van der Waals surface area contributed by atoms with E-state index in [0.29, 0.717) is 25.7 Å². The van der Waals surface area contributed by atoms with Gasteiger partial charge in [0.2, 0.25) is 0 Å². The van der Waals surface area contributed by atoms with Crippen molar-refractivity contribution in [2.45, 2.75) is 290 Å². The molecule has 0 saturated heterocycles. The lowest BCUT2D eigenvalue weighted by Gasteiger charge is -2.21. The second-order valence-electron chi connectivity index (χ2n) is 23.8. The van der Waals surface area contributed by atoms with E-state index in [1.807, 2.05) is 18.2 Å². The fourth-order valence-electron chi connectivity index (χ4n) is 9.08. The highest BCUT2D eigenvalue weighted by Gasteiger charge is 2.30. The van der Waals surface area contributed by atoms with Crippen LogP contribution in [0.5, 0.6) is 0 Å². The van der Waals surface area contributed by atoms with Crippen LogP contribution in [0.25, 0.3) is 0 Å². The van der Waals surface area contributed by atoms with Gasteiger partial charge in [0.1, 0.15) is 19.3 Å². The average Bonchev–Trinajstić information content (AvgIpc) is 1.11. The molecule has 5 unspecified atom stereocenters. The summed E-state index contributed by atoms with van der Waals surface area (Å²) in [4.78, 5) is 72.6. The number of esters is 4. The summed E-state index contributed by atoms with van der Waals surface area (Å²) < 4.78 is 68.1. The molecule has 0 aliphatic heterocycles. The van der Waals surface area contributed by atoms with Crippen molar-refractivity contribution in [1.29, 1.82) is 0 Å². The maximum Gasteiger partial charge on any atom is 0.472 e. The third kappa shape index (κ3) is 67.8. The van der Waals surface area contributed by atoms with E-state index in [2.05, 4.69) is 137 Å². The number of rotatable bonds is 67. The molecule has 0 bridgehead atoms. The van der Waals surface area contributed by atoms with Gasteiger partial charge in [-0.25, -0.2) is 9.13 Å². The van der Waals surface area contributed by atoms with Crippen LogP contribution in [0.1, 0.15) is 272 Å². The number of phosphoric ester groups is 2. The Hall–Kier alpha value is -4.80. The average molecular weight is 1390 g/mol. The first-order chi connectivity index (χ1) is 46.7. The van der Waals surface area contributed by atoms with Crippen molar-refractivity contribution in [2.24, 2.45) is 0 Å². The SMILES string of the molecule is CC/C=C\C/C=C\C/C=C\C/C=C\C/C=C\CC(=O)OCC(COP(=O)(O)OCC(O)COP(=O)(O)OCC(COC(=O)CCCC/C=C\C/C=C\C/C=C\C/C=C\CC)OC(=O)CCCCCCC/C=C\CCCCCCCC)OC(=O)CCCCCCC/C=C\CCCC. The minimum absolute atomic E-state index is 0.0608. The molecule has 3 N–H and O–H groups in total. The summed E-state index contributed by atoms with van der Waals surface area (Å²) in [6, 6.07) is 0. The van der Waals surface area contributed by atoms with Gasteiger partial charge < -0.3 is 33.8 Å². The minimum Gasteiger partial charge on any atom is -0.462 e. The number of carbonyl (C=O) groups excluding carboxylic acids is 4. The maximum atomic E-state index is 13.0. The second-order valence-corrected chi connectivity index (χ2v) is 26.7. The normalized spacial score (nSPS) is 14.8. The van der Waals surface area contributed by atoms with Crippen molar-refractivity contribution in [3.63, 3.8) is 0 Å². The number of hydrogen-bond donors (Lipinski definition) is 3. The van der Waals surface area contributed by atoms with Gasteiger partial charge in [-0.05, 0) is 135 Å². The molecule has 0 aliphatic rings. The van der Waals surface area contributed by atoms with Crippen LogP contribution < -0.4 is 0 Å². The van der Waals surface area contributed by atoms with E-state index >= 15 is 0 Å². The standard InChI is InChI=1S/C77H128O17P2/c1-5-9-13-17-21-25-29-32-35-38-42-45-49-53-57-61-74(79)87-67-72(93-76(81)63-59-55-51-47-41-28-24-20-16-12-8-4)69-91-95(83,84)89-65-71(78)66-90-96(85,86)92-70-73(94-77(82)64-60-56-52-48-44-40-37-34-31-27-23-19-15-11-7-3)68-88-75(80)62-58-54-50-46-43-39-36-33-30-26-22-18-14-10-6-2/h9-10,13-14,20-22,24-26,32-37,42-43,45-46,53,57,71-73,78H,5-8,11-12,15-19,23,27-31,38-41,44,47-52,54-56,58-70H2,1-4H3,(H,83,84)(H,85,86)/b13-9-,14-10-,24-20-,25-21-,26-22-,35-32-,36-33-,37-34-,45-42-,46-43-,57-53-. The van der Waals surface area contributed by atoms with Crippen molar-refractivity contribution >= 4 is 39.5 Å². The van der Waals surface area contributed by atoms with E-state index < -0.39 is 97.5 Å². The predicted octanol–water partition coefficient (Wildman–Crippen LogP) is 20.5. The van der Waals surface area contributed by atoms with E-state index in [1.54, 1.807) is 6.08 Å². The van der Waals surface area contributed by atoms with Gasteiger partial charge in [0, 0.05) is 19.3 Å². The van der Waals surface area contributed by atoms with Crippen LogP contribution in [0, 0.1) is 0 Å². The summed E-state index contributed by atoms with van der Waals surface area (Å²) in [6.07, 6.45) is 75.0. The molecule has 0 aromatic heterocycles. The number of phosphoric acid groups is 2. The number of aliphatic hydroxyl groups is 1. The lowest BCUT2D eigenvalue weighted by atomic mass is 10.1. The Kier molecular flexibility index (Phi) is 65.3. The number of carbonyl (C=O) groups is 4. The molecule has 0 amide bonds. The highest BCUT2D eigenvalue weighted by molar-refractivity contribution is 7.47. The Morgan fingerprint density at radius 2 is 0.594 bits per heavy atom. The van der Waals surface area contributed by atoms with E-state index in [4.69, 9.17) is 37.0 Å². The quantitative estimate of drug-likeness (QED) is 0.0169. The Morgan fingerprint density at radius 3 is 0.990 bits per heavy atom. The van der Waals surface area contributed by atoms with E-state index in [1.165, 1.54) is 51.4 Å². The molecule has 19 heteroatoms. The van der Waals surface area contributed by atoms with Crippen LogP contribution >= 0.6 is 15.6 Å². The summed E-state index contributed by atoms with van der Waals surface area (Å²) in [5.41, 5.74) is 0. The Morgan fingerprint density at radius 1 is 0.312 bits per heavy atom. The van der Waals surface area contributed by atoms with Crippen molar-refractivity contribution in [2.75, 3.05) is 39.6 Å². The molecule has 0 aliphatic carbocycles. The number of aliphatic hydroxyl groups excluding tert-OH is 1. The van der Waals surface area contributed by atoms with Gasteiger partial charge in [-0.2, -0.15) is 0 Å². The topological polar surface area (TPSA) is 237 Å². The number of hydrogen-bond acceptors (Lipinski definition) is 15. The van der Waals surface area contributed by atoms with Crippen LogP contribution in [-0.4, -0.2) is 96.7 Å². The van der Waals surface area contributed by atoms with Gasteiger partial charge in [0.15, 0.2) is 12.2 Å². The highest BCUT2D eigenvalue weighted by Crippen LogP contribution is 2.45. The zero-order valence-corrected chi connectivity index (χ0v) is 61.3. The fourth-order valence-corrected chi connectivity index (χ4v) is 10.7. The van der Waals surface area contributed by atoms with Crippen molar-refractivity contribution in [3.05, 3.63) is 134 Å². The Labute approximate surface area is 580 Å². The molecule has 0 aromatic carbocycles. The molecule has 0 saturated carbocycles. The summed E-state index contributed by atoms with van der Waals surface area (Å²) in [6.45, 7) is 4.39. The highest BCUT2D eigenvalue weighted by atomic mass is 31.2. The zero-order valence-electron chi connectivity index (χ0n) is 59.5. The third-order valence-corrected chi connectivity index (χ3v) is 16.5. The molecule has 96 heavy (non-hydrogen) atoms. The van der Waals surface area contributed by atoms with Gasteiger partial charge in [0.05, 0.1) is 32.8 Å². The summed E-state index contributed by atoms with van der Waals surface area (Å²) >= 11 is 0. The lowest BCUT2D eigenvalue weighted by molar-refractivity contribution is -0.161. The van der Waals surface area contributed by atoms with Gasteiger partial charge >= 0.3 is 39.5 Å². The third-order valence-electron chi connectivity index (χ3n) is 14.6. The zero-order chi connectivity index (χ0) is 70.4. The second kappa shape index (κ2) is 68.7. The monoisotopic (exact) mass is 1390 g/mol. The van der Waals surface area contributed by atoms with E-state index in [0.717, 1.165) is 141 Å². The Bertz CT molecular complexity index is 2350. The molecule has 0 spiro atoms. The van der Waals surface area contributed by atoms with Gasteiger partial charge in [-0.3, -0.25) is 37.3 Å². The summed E-state index contributed by atoms with van der Waals surface area (Å²) in [5.74, 6) is -2.40. The van der Waals surface area contributed by atoms with Crippen molar-refractivity contribution < 1.29 is 80.2 Å². The molecular weight excluding hydrogens is 1260 g/mol. The van der Waals surface area contributed by atoms with Crippen LogP contribution in [0.15, 0.2) is 134 Å². The van der Waals surface area contributed by atoms with E-state index in [9.17, 15) is 43.2 Å². The largest absolute Gasteiger partial charge is 0.472 e.